The summed E-state index contributed by atoms with van der Waals surface area (Å²) in [5.41, 5.74) is 15.4. The number of rotatable bonds is 11. The van der Waals surface area contributed by atoms with Crippen molar-refractivity contribution in [1.29, 1.82) is 0 Å². The molecule has 4 heterocycles. The zero-order valence-corrected chi connectivity index (χ0v) is 48.2. The average molecular weight is 1180 g/mol. The number of fused-ring (bicyclic) bond motifs is 3. The quantitative estimate of drug-likeness (QED) is 0.121. The summed E-state index contributed by atoms with van der Waals surface area (Å²) in [6, 6.07) is 55.7. The minimum absolute atomic E-state index is 0. The molecule has 0 amide bonds. The van der Waals surface area contributed by atoms with Crippen molar-refractivity contribution in [3.05, 3.63) is 193 Å². The largest absolute Gasteiger partial charge is 0.455 e. The summed E-state index contributed by atoms with van der Waals surface area (Å²) in [5.74, 6) is 2.58. The SMILES string of the molecule is C[Si](C)(C)c1cnc(-c2ccccc2)cc1CC1CCCCC1.[Ir].c1ccc(-c2cc(CC3CCCCC3)ccn2)cc1.c1ccc(-c2ccc(-c3cc(CC4CCCCC4)ccn3)c3oc4ccccc4c23)cc1. The molecular weight excluding hydrogens is 1110 g/mol. The summed E-state index contributed by atoms with van der Waals surface area (Å²) in [4.78, 5) is 14.1. The molecule has 1 radical (unpaired) electrons. The second kappa shape index (κ2) is 26.3. The second-order valence-corrected chi connectivity index (χ2v) is 27.8. The average Bonchev–Trinajstić information content (AvgIpc) is 3.85. The van der Waals surface area contributed by atoms with E-state index in [1.807, 2.05) is 18.5 Å². The number of para-hydroxylation sites is 1. The van der Waals surface area contributed by atoms with Crippen LogP contribution in [0.4, 0.5) is 0 Å². The van der Waals surface area contributed by atoms with Gasteiger partial charge in [-0.1, -0.05) is 231 Å². The van der Waals surface area contributed by atoms with Crippen LogP contribution in [0.5, 0.6) is 0 Å². The smallest absolute Gasteiger partial charge is 0.145 e. The maximum absolute atomic E-state index is 6.45. The standard InChI is InChI=1S/C30H27NO.C21H29NSi.C18H21N.Ir/c1-3-9-21(10-4-1)19-22-17-18-31-27(20-22)25-16-15-24(23-11-5-2-6-12-23)29-26-13-7-8-14-28(26)32-30(25)29;1-23(2,3)21-16-22-20(18-12-8-5-9-13-18)15-19(21)14-17-10-6-4-7-11-17;1-3-7-15(8-4-1)13-16-11-12-19-18(14-16)17-9-5-2-6-10-17;/h2,5-8,11-18,20-21H,1,3-4,9-10,19H2;5,8-9,12-13,15-17H,4,6-7,10-11,14H2,1-3H3;2,5-6,9-12,14-15H,1,3-4,7-8,13H2;. The van der Waals surface area contributed by atoms with Crippen LogP contribution in [0.1, 0.15) is 113 Å². The Balaban J connectivity index is 0.000000142. The van der Waals surface area contributed by atoms with Crippen molar-refractivity contribution < 1.29 is 24.5 Å². The van der Waals surface area contributed by atoms with Crippen molar-refractivity contribution in [3.63, 3.8) is 0 Å². The van der Waals surface area contributed by atoms with E-state index < -0.39 is 8.07 Å². The Morgan fingerprint density at radius 1 is 0.440 bits per heavy atom. The van der Waals surface area contributed by atoms with Gasteiger partial charge in [0.05, 0.1) is 25.2 Å². The van der Waals surface area contributed by atoms with Crippen molar-refractivity contribution in [3.8, 4) is 44.9 Å². The molecule has 0 unspecified atom stereocenters. The summed E-state index contributed by atoms with van der Waals surface area (Å²) < 4.78 is 6.45. The van der Waals surface area contributed by atoms with Crippen LogP contribution in [0.25, 0.3) is 66.8 Å². The van der Waals surface area contributed by atoms with Gasteiger partial charge < -0.3 is 4.42 Å². The van der Waals surface area contributed by atoms with Crippen LogP contribution in [-0.2, 0) is 39.4 Å². The van der Waals surface area contributed by atoms with Gasteiger partial charge in [-0.15, -0.1) is 0 Å². The molecule has 0 bridgehead atoms. The predicted molar refractivity (Wildman–Crippen MR) is 316 cm³/mol. The summed E-state index contributed by atoms with van der Waals surface area (Å²) in [5, 5.41) is 3.88. The van der Waals surface area contributed by atoms with Crippen molar-refractivity contribution in [1.82, 2.24) is 15.0 Å². The van der Waals surface area contributed by atoms with Crippen LogP contribution in [-0.4, -0.2) is 23.0 Å². The summed E-state index contributed by atoms with van der Waals surface area (Å²) in [6.07, 6.45) is 30.8. The molecule has 0 aliphatic heterocycles. The molecule has 5 aromatic carbocycles. The molecule has 3 saturated carbocycles. The fraction of sp³-hybridized carbons (Fsp3) is 0.348. The summed E-state index contributed by atoms with van der Waals surface area (Å²) in [6.45, 7) is 7.32. The Hall–Kier alpha value is -5.78. The van der Waals surface area contributed by atoms with E-state index in [4.69, 9.17) is 14.4 Å². The molecule has 0 saturated heterocycles. The van der Waals surface area contributed by atoms with E-state index in [2.05, 4.69) is 182 Å². The Bertz CT molecular complexity index is 3180. The third kappa shape index (κ3) is 14.2. The fourth-order valence-electron chi connectivity index (χ4n) is 12.3. The van der Waals surface area contributed by atoms with E-state index in [0.29, 0.717) is 0 Å². The topological polar surface area (TPSA) is 51.8 Å². The van der Waals surface area contributed by atoms with Gasteiger partial charge in [0, 0.05) is 66.2 Å². The maximum Gasteiger partial charge on any atom is 0.145 e. The summed E-state index contributed by atoms with van der Waals surface area (Å²) >= 11 is 0. The van der Waals surface area contributed by atoms with Gasteiger partial charge in [-0.2, -0.15) is 0 Å². The third-order valence-electron chi connectivity index (χ3n) is 16.2. The van der Waals surface area contributed by atoms with E-state index in [1.54, 1.807) is 10.8 Å². The van der Waals surface area contributed by atoms with E-state index in [9.17, 15) is 0 Å². The van der Waals surface area contributed by atoms with E-state index in [1.165, 1.54) is 148 Å². The van der Waals surface area contributed by atoms with E-state index in [-0.39, 0.29) is 20.1 Å². The van der Waals surface area contributed by atoms with Crippen LogP contribution in [0.2, 0.25) is 19.6 Å². The maximum atomic E-state index is 6.45. The fourth-order valence-corrected chi connectivity index (χ4v) is 13.9. The number of furan rings is 1. The van der Waals surface area contributed by atoms with Crippen LogP contribution < -0.4 is 5.19 Å². The first-order valence-electron chi connectivity index (χ1n) is 28.3. The van der Waals surface area contributed by atoms with Gasteiger partial charge in [0.1, 0.15) is 11.2 Å². The number of benzene rings is 5. The zero-order valence-electron chi connectivity index (χ0n) is 44.8. The third-order valence-corrected chi connectivity index (χ3v) is 18.3. The first-order valence-corrected chi connectivity index (χ1v) is 31.8. The Labute approximate surface area is 462 Å². The van der Waals surface area contributed by atoms with Crippen LogP contribution in [0, 0.1) is 17.8 Å². The molecule has 4 aromatic heterocycles. The van der Waals surface area contributed by atoms with Crippen LogP contribution in [0.15, 0.2) is 181 Å². The van der Waals surface area contributed by atoms with Crippen molar-refractivity contribution in [2.45, 2.75) is 135 Å². The first-order chi connectivity index (χ1) is 36.3. The van der Waals surface area contributed by atoms with Gasteiger partial charge in [0.25, 0.3) is 0 Å². The van der Waals surface area contributed by atoms with E-state index in [0.717, 1.165) is 63.4 Å². The van der Waals surface area contributed by atoms with E-state index >= 15 is 0 Å². The Kier molecular flexibility index (Phi) is 19.0. The molecule has 3 fully saturated rings. The van der Waals surface area contributed by atoms with Crippen molar-refractivity contribution >= 4 is 35.2 Å². The molecule has 6 heteroatoms. The minimum Gasteiger partial charge on any atom is -0.455 e. The summed E-state index contributed by atoms with van der Waals surface area (Å²) in [7, 11) is -1.35. The molecule has 9 aromatic rings. The molecule has 75 heavy (non-hydrogen) atoms. The number of aromatic nitrogens is 3. The van der Waals surface area contributed by atoms with Crippen molar-refractivity contribution in [2.24, 2.45) is 17.8 Å². The Morgan fingerprint density at radius 3 is 1.44 bits per heavy atom. The van der Waals surface area contributed by atoms with Gasteiger partial charge in [-0.25, -0.2) is 0 Å². The predicted octanol–water partition coefficient (Wildman–Crippen LogP) is 18.7. The first kappa shape index (κ1) is 54.0. The number of nitrogens with zero attached hydrogens (tertiary/aromatic N) is 3. The molecule has 3 aliphatic rings. The molecule has 0 spiro atoms. The van der Waals surface area contributed by atoms with Gasteiger partial charge in [0.2, 0.25) is 0 Å². The molecule has 387 valence electrons. The van der Waals surface area contributed by atoms with Crippen molar-refractivity contribution in [2.75, 3.05) is 0 Å². The normalized spacial score (nSPS) is 15.6. The van der Waals surface area contributed by atoms with Crippen LogP contribution >= 0.6 is 0 Å². The molecule has 3 aliphatic carbocycles. The number of hydrogen-bond donors (Lipinski definition) is 0. The second-order valence-electron chi connectivity index (χ2n) is 22.8. The van der Waals surface area contributed by atoms with Crippen LogP contribution in [0.3, 0.4) is 0 Å². The van der Waals surface area contributed by atoms with Gasteiger partial charge in [-0.05, 0) is 112 Å². The molecule has 12 rings (SSSR count). The monoisotopic (exact) mass is 1180 g/mol. The zero-order chi connectivity index (χ0) is 50.5. The van der Waals surface area contributed by atoms with Gasteiger partial charge in [-0.3, -0.25) is 15.0 Å². The Morgan fingerprint density at radius 2 is 0.893 bits per heavy atom. The molecule has 0 atom stereocenters. The molecule has 4 nitrogen and oxygen atoms in total. The van der Waals surface area contributed by atoms with Gasteiger partial charge >= 0.3 is 0 Å². The number of hydrogen-bond acceptors (Lipinski definition) is 4. The molecule has 0 N–H and O–H groups in total. The number of pyridine rings is 3. The molecular formula is C69H77IrN3OSi. The van der Waals surface area contributed by atoms with Gasteiger partial charge in [0.15, 0.2) is 0 Å². The minimum atomic E-state index is -1.35.